The van der Waals surface area contributed by atoms with E-state index in [0.717, 1.165) is 5.56 Å². The highest BCUT2D eigenvalue weighted by Gasteiger charge is 2.22. The highest BCUT2D eigenvalue weighted by molar-refractivity contribution is 5.33. The fraction of sp³-hybridized carbons (Fsp3) is 0.214. The largest absolute Gasteiger partial charge is 0.508 e. The van der Waals surface area contributed by atoms with Gasteiger partial charge in [-0.05, 0) is 43.7 Å². The summed E-state index contributed by atoms with van der Waals surface area (Å²) in [6.45, 7) is 3.96. The Hall–Kier alpha value is -2.03. The number of ether oxygens (including phenoxy) is 1. The van der Waals surface area contributed by atoms with Gasteiger partial charge in [0.2, 0.25) is 0 Å². The van der Waals surface area contributed by atoms with Gasteiger partial charge in [-0.3, -0.25) is 4.98 Å². The van der Waals surface area contributed by atoms with Crippen molar-refractivity contribution in [2.45, 2.75) is 19.4 Å². The summed E-state index contributed by atoms with van der Waals surface area (Å²) in [7, 11) is 0. The Labute approximate surface area is 101 Å². The quantitative estimate of drug-likeness (QED) is 0.879. The second-order valence-corrected chi connectivity index (χ2v) is 4.35. The monoisotopic (exact) mass is 229 g/mol. The minimum absolute atomic E-state index is 0.202. The van der Waals surface area contributed by atoms with Crippen molar-refractivity contribution in [3.05, 3.63) is 54.4 Å². The fourth-order valence-electron chi connectivity index (χ4n) is 1.65. The zero-order chi connectivity index (χ0) is 12.3. The molecule has 0 unspecified atom stereocenters. The molecule has 3 nitrogen and oxygen atoms in total. The Bertz CT molecular complexity index is 495. The summed E-state index contributed by atoms with van der Waals surface area (Å²) in [5.41, 5.74) is 0.576. The molecule has 3 heteroatoms. The molecule has 0 aliphatic carbocycles. The number of aromatic hydroxyl groups is 1. The fourth-order valence-corrected chi connectivity index (χ4v) is 1.65. The van der Waals surface area contributed by atoms with Gasteiger partial charge in [-0.1, -0.05) is 6.07 Å². The van der Waals surface area contributed by atoms with E-state index in [1.165, 1.54) is 0 Å². The van der Waals surface area contributed by atoms with Crippen LogP contribution in [-0.4, -0.2) is 10.1 Å². The van der Waals surface area contributed by atoms with Crippen molar-refractivity contribution in [2.24, 2.45) is 0 Å². The van der Waals surface area contributed by atoms with E-state index in [1.807, 2.05) is 32.0 Å². The molecule has 0 radical (unpaired) electrons. The summed E-state index contributed by atoms with van der Waals surface area (Å²) in [4.78, 5) is 3.98. The lowest BCUT2D eigenvalue weighted by Gasteiger charge is -2.26. The Morgan fingerprint density at radius 3 is 2.47 bits per heavy atom. The third-order valence-electron chi connectivity index (χ3n) is 2.57. The molecule has 1 N–H and O–H groups in total. The normalized spacial score (nSPS) is 11.2. The third-order valence-corrected chi connectivity index (χ3v) is 2.57. The molecule has 17 heavy (non-hydrogen) atoms. The first kappa shape index (κ1) is 11.5. The van der Waals surface area contributed by atoms with E-state index in [0.29, 0.717) is 5.75 Å². The summed E-state index contributed by atoms with van der Waals surface area (Å²) in [5, 5.41) is 9.39. The van der Waals surface area contributed by atoms with Crippen LogP contribution in [0.4, 0.5) is 0 Å². The van der Waals surface area contributed by atoms with Gasteiger partial charge >= 0.3 is 0 Å². The molecule has 1 aromatic heterocycles. The minimum Gasteiger partial charge on any atom is -0.508 e. The molecule has 1 heterocycles. The first-order valence-corrected chi connectivity index (χ1v) is 5.46. The number of pyridine rings is 1. The van der Waals surface area contributed by atoms with E-state index in [1.54, 1.807) is 30.6 Å². The van der Waals surface area contributed by atoms with Crippen LogP contribution in [0.25, 0.3) is 0 Å². The Kier molecular flexibility index (Phi) is 3.00. The summed E-state index contributed by atoms with van der Waals surface area (Å²) >= 11 is 0. The van der Waals surface area contributed by atoms with Crippen molar-refractivity contribution in [3.8, 4) is 11.5 Å². The maximum atomic E-state index is 9.39. The van der Waals surface area contributed by atoms with E-state index < -0.39 is 5.60 Å². The van der Waals surface area contributed by atoms with Crippen LogP contribution < -0.4 is 4.74 Å². The first-order valence-electron chi connectivity index (χ1n) is 5.46. The molecule has 0 aliphatic heterocycles. The van der Waals surface area contributed by atoms with Gasteiger partial charge in [-0.25, -0.2) is 0 Å². The number of hydrogen-bond acceptors (Lipinski definition) is 3. The number of phenols is 1. The second-order valence-electron chi connectivity index (χ2n) is 4.35. The summed E-state index contributed by atoms with van der Waals surface area (Å²) < 4.78 is 5.88. The number of rotatable bonds is 3. The van der Waals surface area contributed by atoms with Gasteiger partial charge in [-0.2, -0.15) is 0 Å². The molecular formula is C14H15NO2. The SMILES string of the molecule is CC(C)(Oc1cccc(O)c1)c1ccncc1. The van der Waals surface area contributed by atoms with Gasteiger partial charge in [0.05, 0.1) is 0 Å². The van der Waals surface area contributed by atoms with E-state index in [2.05, 4.69) is 4.98 Å². The lowest BCUT2D eigenvalue weighted by Crippen LogP contribution is -2.25. The Balaban J connectivity index is 2.23. The molecule has 0 bridgehead atoms. The Morgan fingerprint density at radius 1 is 1.12 bits per heavy atom. The molecule has 1 aromatic carbocycles. The maximum absolute atomic E-state index is 9.39. The molecule has 0 saturated heterocycles. The zero-order valence-electron chi connectivity index (χ0n) is 9.92. The summed E-state index contributed by atoms with van der Waals surface area (Å²) in [6.07, 6.45) is 3.48. The lowest BCUT2D eigenvalue weighted by molar-refractivity contribution is 0.108. The van der Waals surface area contributed by atoms with Crippen LogP contribution in [0.1, 0.15) is 19.4 Å². The molecule has 0 amide bonds. The molecule has 0 atom stereocenters. The van der Waals surface area contributed by atoms with Gasteiger partial charge in [0.25, 0.3) is 0 Å². The van der Waals surface area contributed by atoms with Gasteiger partial charge in [0.15, 0.2) is 0 Å². The number of benzene rings is 1. The second kappa shape index (κ2) is 4.45. The average molecular weight is 229 g/mol. The van der Waals surface area contributed by atoms with Gasteiger partial charge in [0.1, 0.15) is 17.1 Å². The van der Waals surface area contributed by atoms with E-state index in [9.17, 15) is 5.11 Å². The van der Waals surface area contributed by atoms with E-state index >= 15 is 0 Å². The Morgan fingerprint density at radius 2 is 1.82 bits per heavy atom. The number of phenolic OH excluding ortho intramolecular Hbond substituents is 1. The molecule has 0 fully saturated rings. The van der Waals surface area contributed by atoms with Crippen molar-refractivity contribution < 1.29 is 9.84 Å². The lowest BCUT2D eigenvalue weighted by atomic mass is 9.99. The number of hydrogen-bond donors (Lipinski definition) is 1. The predicted octanol–water partition coefficient (Wildman–Crippen LogP) is 3.10. The molecule has 88 valence electrons. The third kappa shape index (κ3) is 2.75. The highest BCUT2D eigenvalue weighted by Crippen LogP contribution is 2.28. The van der Waals surface area contributed by atoms with Crippen molar-refractivity contribution in [1.29, 1.82) is 0 Å². The number of nitrogens with zero attached hydrogens (tertiary/aromatic N) is 1. The zero-order valence-corrected chi connectivity index (χ0v) is 9.92. The van der Waals surface area contributed by atoms with Crippen LogP contribution in [-0.2, 0) is 5.60 Å². The van der Waals surface area contributed by atoms with Crippen LogP contribution >= 0.6 is 0 Å². The first-order chi connectivity index (χ1) is 8.08. The minimum atomic E-state index is -0.462. The van der Waals surface area contributed by atoms with Gasteiger partial charge in [-0.15, -0.1) is 0 Å². The van der Waals surface area contributed by atoms with Gasteiger partial charge < -0.3 is 9.84 Å². The van der Waals surface area contributed by atoms with E-state index in [4.69, 9.17) is 4.74 Å². The standard InChI is InChI=1S/C14H15NO2/c1-14(2,11-6-8-15-9-7-11)17-13-5-3-4-12(16)10-13/h3-10,16H,1-2H3. The smallest absolute Gasteiger partial charge is 0.128 e. The summed E-state index contributed by atoms with van der Waals surface area (Å²) in [5.74, 6) is 0.847. The molecule has 0 aliphatic rings. The van der Waals surface area contributed by atoms with E-state index in [-0.39, 0.29) is 5.75 Å². The van der Waals surface area contributed by atoms with Crippen molar-refractivity contribution >= 4 is 0 Å². The highest BCUT2D eigenvalue weighted by atomic mass is 16.5. The molecule has 0 saturated carbocycles. The van der Waals surface area contributed by atoms with Crippen molar-refractivity contribution in [2.75, 3.05) is 0 Å². The van der Waals surface area contributed by atoms with Crippen LogP contribution in [0.3, 0.4) is 0 Å². The van der Waals surface area contributed by atoms with Gasteiger partial charge in [0, 0.05) is 18.5 Å². The molecule has 0 spiro atoms. The average Bonchev–Trinajstić information content (AvgIpc) is 2.29. The van der Waals surface area contributed by atoms with Crippen LogP contribution in [0.2, 0.25) is 0 Å². The van der Waals surface area contributed by atoms with Crippen LogP contribution in [0.5, 0.6) is 11.5 Å². The molecule has 2 aromatic rings. The van der Waals surface area contributed by atoms with Crippen molar-refractivity contribution in [1.82, 2.24) is 4.98 Å². The molecular weight excluding hydrogens is 214 g/mol. The topological polar surface area (TPSA) is 42.4 Å². The van der Waals surface area contributed by atoms with Crippen LogP contribution in [0.15, 0.2) is 48.8 Å². The predicted molar refractivity (Wildman–Crippen MR) is 66.0 cm³/mol. The maximum Gasteiger partial charge on any atom is 0.128 e. The molecule has 2 rings (SSSR count). The van der Waals surface area contributed by atoms with Crippen molar-refractivity contribution in [3.63, 3.8) is 0 Å². The van der Waals surface area contributed by atoms with Crippen LogP contribution in [0, 0.1) is 0 Å². The summed E-state index contributed by atoms with van der Waals surface area (Å²) in [6, 6.07) is 10.6. The number of aromatic nitrogens is 1.